The van der Waals surface area contributed by atoms with Gasteiger partial charge in [0.2, 0.25) is 0 Å². The minimum atomic E-state index is 0.194. The Morgan fingerprint density at radius 3 is 2.27 bits per heavy atom. The van der Waals surface area contributed by atoms with Gasteiger partial charge in [-0.25, -0.2) is 4.98 Å². The highest BCUT2D eigenvalue weighted by Gasteiger charge is 2.13. The molecule has 0 aromatic carbocycles. The Kier molecular flexibility index (Phi) is 4.33. The lowest BCUT2D eigenvalue weighted by Gasteiger charge is -2.13. The average Bonchev–Trinajstić information content (AvgIpc) is 2.54. The summed E-state index contributed by atoms with van der Waals surface area (Å²) in [4.78, 5) is 4.68. The molecule has 0 saturated heterocycles. The van der Waals surface area contributed by atoms with Crippen LogP contribution in [0.3, 0.4) is 0 Å². The van der Waals surface area contributed by atoms with Crippen LogP contribution in [-0.4, -0.2) is 15.6 Å². The second-order valence-electron chi connectivity index (χ2n) is 4.07. The maximum Gasteiger partial charge on any atom is 0.108 e. The molecule has 86 valence electrons. The molecule has 1 aromatic heterocycles. The number of imidazole rings is 1. The summed E-state index contributed by atoms with van der Waals surface area (Å²) in [7, 11) is 0. The minimum absolute atomic E-state index is 0.194. The predicted octanol–water partition coefficient (Wildman–Crippen LogP) is 1.92. The van der Waals surface area contributed by atoms with E-state index in [-0.39, 0.29) is 6.04 Å². The summed E-state index contributed by atoms with van der Waals surface area (Å²) in [5.41, 5.74) is 8.49. The zero-order chi connectivity index (χ0) is 11.4. The lowest BCUT2D eigenvalue weighted by molar-refractivity contribution is 0.552. The van der Waals surface area contributed by atoms with Gasteiger partial charge in [-0.15, -0.1) is 0 Å². The molecular weight excluding hydrogens is 186 g/mol. The fourth-order valence-corrected chi connectivity index (χ4v) is 2.04. The zero-order valence-electron chi connectivity index (χ0n) is 10.4. The van der Waals surface area contributed by atoms with E-state index in [1.165, 1.54) is 17.2 Å². The zero-order valence-corrected chi connectivity index (χ0v) is 10.4. The number of rotatable bonds is 5. The summed E-state index contributed by atoms with van der Waals surface area (Å²) in [5.74, 6) is 1.18. The Balaban J connectivity index is 3.12. The molecule has 0 saturated carbocycles. The van der Waals surface area contributed by atoms with Crippen molar-refractivity contribution in [1.29, 1.82) is 0 Å². The predicted molar refractivity (Wildman–Crippen MR) is 64.0 cm³/mol. The molecule has 1 heterocycles. The maximum atomic E-state index is 5.87. The van der Waals surface area contributed by atoms with E-state index in [2.05, 4.69) is 30.3 Å². The molecule has 0 aliphatic carbocycles. The molecule has 3 heteroatoms. The summed E-state index contributed by atoms with van der Waals surface area (Å²) >= 11 is 0. The summed E-state index contributed by atoms with van der Waals surface area (Å²) < 4.78 is 2.31. The van der Waals surface area contributed by atoms with Crippen LogP contribution in [0.15, 0.2) is 0 Å². The van der Waals surface area contributed by atoms with Gasteiger partial charge in [0.25, 0.3) is 0 Å². The van der Waals surface area contributed by atoms with Gasteiger partial charge in [-0.05, 0) is 19.8 Å². The Bertz CT molecular complexity index is 313. The molecule has 2 N–H and O–H groups in total. The van der Waals surface area contributed by atoms with Crippen molar-refractivity contribution in [2.75, 3.05) is 0 Å². The number of nitrogens with two attached hydrogens (primary N) is 1. The molecule has 0 fully saturated rings. The lowest BCUT2D eigenvalue weighted by Crippen LogP contribution is -2.24. The minimum Gasteiger partial charge on any atom is -0.330 e. The monoisotopic (exact) mass is 209 g/mol. The van der Waals surface area contributed by atoms with E-state index in [0.717, 1.165) is 25.8 Å². The van der Waals surface area contributed by atoms with E-state index in [0.29, 0.717) is 0 Å². The van der Waals surface area contributed by atoms with Crippen molar-refractivity contribution >= 4 is 0 Å². The van der Waals surface area contributed by atoms with Crippen LogP contribution in [0.25, 0.3) is 0 Å². The van der Waals surface area contributed by atoms with E-state index in [1.807, 2.05) is 6.92 Å². The fraction of sp³-hybridized carbons (Fsp3) is 0.750. The topological polar surface area (TPSA) is 43.8 Å². The van der Waals surface area contributed by atoms with Gasteiger partial charge in [0.05, 0.1) is 5.69 Å². The Hall–Kier alpha value is -0.830. The van der Waals surface area contributed by atoms with E-state index >= 15 is 0 Å². The highest BCUT2D eigenvalue weighted by Crippen LogP contribution is 2.14. The smallest absolute Gasteiger partial charge is 0.108 e. The van der Waals surface area contributed by atoms with Crippen LogP contribution in [0.2, 0.25) is 0 Å². The third-order valence-electron chi connectivity index (χ3n) is 2.69. The second kappa shape index (κ2) is 5.31. The molecule has 0 spiro atoms. The van der Waals surface area contributed by atoms with E-state index in [4.69, 9.17) is 5.73 Å². The maximum absolute atomic E-state index is 5.87. The van der Waals surface area contributed by atoms with Crippen LogP contribution in [0.4, 0.5) is 0 Å². The first-order valence-corrected chi connectivity index (χ1v) is 5.96. The quantitative estimate of drug-likeness (QED) is 0.805. The number of aryl methyl sites for hydroxylation is 2. The molecule has 3 nitrogen and oxygen atoms in total. The van der Waals surface area contributed by atoms with Crippen LogP contribution in [0.1, 0.15) is 44.9 Å². The normalized spacial score (nSPS) is 13.1. The molecule has 0 aliphatic heterocycles. The first-order chi connectivity index (χ1) is 7.13. The molecule has 0 radical (unpaired) electrons. The Morgan fingerprint density at radius 1 is 1.20 bits per heavy atom. The van der Waals surface area contributed by atoms with Crippen molar-refractivity contribution in [2.45, 2.75) is 59.5 Å². The van der Waals surface area contributed by atoms with Crippen molar-refractivity contribution < 1.29 is 0 Å². The summed E-state index contributed by atoms with van der Waals surface area (Å²) in [5, 5.41) is 0. The van der Waals surface area contributed by atoms with Crippen LogP contribution < -0.4 is 5.73 Å². The average molecular weight is 209 g/mol. The molecule has 1 rings (SSSR count). The SMILES string of the molecule is CCc1nc(CC)n(CC(C)N)c1CC. The highest BCUT2D eigenvalue weighted by molar-refractivity contribution is 5.18. The van der Waals surface area contributed by atoms with E-state index in [1.54, 1.807) is 0 Å². The third-order valence-corrected chi connectivity index (χ3v) is 2.69. The molecule has 0 amide bonds. The summed E-state index contributed by atoms with van der Waals surface area (Å²) in [6.07, 6.45) is 3.05. The first kappa shape index (κ1) is 12.2. The second-order valence-corrected chi connectivity index (χ2v) is 4.07. The molecule has 1 aromatic rings. The standard InChI is InChI=1S/C12H23N3/c1-5-10-11(6-2)15(8-9(4)13)12(7-3)14-10/h9H,5-8,13H2,1-4H3. The largest absolute Gasteiger partial charge is 0.330 e. The van der Waals surface area contributed by atoms with Crippen molar-refractivity contribution in [3.8, 4) is 0 Å². The third kappa shape index (κ3) is 2.59. The number of nitrogens with zero attached hydrogens (tertiary/aromatic N) is 2. The Morgan fingerprint density at radius 2 is 1.87 bits per heavy atom. The number of hydrogen-bond donors (Lipinski definition) is 1. The highest BCUT2D eigenvalue weighted by atomic mass is 15.1. The van der Waals surface area contributed by atoms with Gasteiger partial charge in [-0.3, -0.25) is 0 Å². The molecule has 15 heavy (non-hydrogen) atoms. The van der Waals surface area contributed by atoms with Gasteiger partial charge in [0, 0.05) is 24.7 Å². The van der Waals surface area contributed by atoms with Crippen molar-refractivity contribution in [1.82, 2.24) is 9.55 Å². The van der Waals surface area contributed by atoms with Crippen molar-refractivity contribution in [3.05, 3.63) is 17.2 Å². The summed E-state index contributed by atoms with van der Waals surface area (Å²) in [6, 6.07) is 0.194. The molecular formula is C12H23N3. The number of hydrogen-bond acceptors (Lipinski definition) is 2. The van der Waals surface area contributed by atoms with Crippen molar-refractivity contribution in [3.63, 3.8) is 0 Å². The molecule has 1 atom stereocenters. The van der Waals surface area contributed by atoms with Gasteiger partial charge in [-0.1, -0.05) is 20.8 Å². The van der Waals surface area contributed by atoms with Gasteiger partial charge < -0.3 is 10.3 Å². The van der Waals surface area contributed by atoms with E-state index in [9.17, 15) is 0 Å². The van der Waals surface area contributed by atoms with Gasteiger partial charge in [0.15, 0.2) is 0 Å². The lowest BCUT2D eigenvalue weighted by atomic mass is 10.2. The number of aromatic nitrogens is 2. The van der Waals surface area contributed by atoms with Crippen LogP contribution >= 0.6 is 0 Å². The fourth-order valence-electron chi connectivity index (χ4n) is 2.04. The Labute approximate surface area is 92.7 Å². The molecule has 0 bridgehead atoms. The summed E-state index contributed by atoms with van der Waals surface area (Å²) in [6.45, 7) is 9.44. The van der Waals surface area contributed by atoms with Crippen LogP contribution in [0, 0.1) is 0 Å². The molecule has 0 aliphatic rings. The van der Waals surface area contributed by atoms with Crippen molar-refractivity contribution in [2.24, 2.45) is 5.73 Å². The van der Waals surface area contributed by atoms with Gasteiger partial charge >= 0.3 is 0 Å². The first-order valence-electron chi connectivity index (χ1n) is 5.96. The van der Waals surface area contributed by atoms with Crippen LogP contribution in [0.5, 0.6) is 0 Å². The van der Waals surface area contributed by atoms with Gasteiger partial charge in [0.1, 0.15) is 5.82 Å². The van der Waals surface area contributed by atoms with E-state index < -0.39 is 0 Å². The molecule has 1 unspecified atom stereocenters. The van der Waals surface area contributed by atoms with Gasteiger partial charge in [-0.2, -0.15) is 0 Å². The van der Waals surface area contributed by atoms with Crippen LogP contribution in [-0.2, 0) is 25.8 Å².